The van der Waals surface area contributed by atoms with Crippen LogP contribution in [0.15, 0.2) is 27.1 Å². The van der Waals surface area contributed by atoms with Crippen molar-refractivity contribution in [1.29, 1.82) is 0 Å². The minimum absolute atomic E-state index is 0.0893. The van der Waals surface area contributed by atoms with Crippen LogP contribution < -0.4 is 0 Å². The van der Waals surface area contributed by atoms with Gasteiger partial charge in [-0.05, 0) is 31.5 Å². The van der Waals surface area contributed by atoms with E-state index in [1.807, 2.05) is 25.1 Å². The van der Waals surface area contributed by atoms with Crippen LogP contribution in [0.25, 0.3) is 11.0 Å². The standard InChI is InChI=1S/C18H21BrN2O4S/c1-12-15-10-13(19)2-3-16(15)25-17(12)18(22)21-7-5-20(6-8-21)14-4-9-26(23,24)11-14/h2-3,10,14H,4-9,11H2,1H3/t14-/m0/s1. The second kappa shape index (κ2) is 6.65. The molecule has 2 aliphatic heterocycles. The Morgan fingerprint density at radius 1 is 1.23 bits per heavy atom. The zero-order chi connectivity index (χ0) is 18.5. The molecule has 1 aromatic heterocycles. The Kier molecular flexibility index (Phi) is 4.61. The molecule has 0 saturated carbocycles. The summed E-state index contributed by atoms with van der Waals surface area (Å²) in [6, 6.07) is 5.82. The molecule has 140 valence electrons. The van der Waals surface area contributed by atoms with Crippen molar-refractivity contribution in [3.63, 3.8) is 0 Å². The molecule has 4 rings (SSSR count). The highest BCUT2D eigenvalue weighted by Gasteiger charge is 2.35. The van der Waals surface area contributed by atoms with Crippen LogP contribution in [0.5, 0.6) is 0 Å². The Labute approximate surface area is 161 Å². The van der Waals surface area contributed by atoms with E-state index in [0.717, 1.165) is 15.4 Å². The lowest BCUT2D eigenvalue weighted by Crippen LogP contribution is -2.52. The molecule has 1 atom stereocenters. The Hall–Kier alpha value is -1.38. The molecule has 0 unspecified atom stereocenters. The largest absolute Gasteiger partial charge is 0.451 e. The molecular formula is C18H21BrN2O4S. The monoisotopic (exact) mass is 440 g/mol. The molecule has 2 aliphatic rings. The maximum atomic E-state index is 12.9. The van der Waals surface area contributed by atoms with Gasteiger partial charge >= 0.3 is 0 Å². The number of fused-ring (bicyclic) bond motifs is 1. The van der Waals surface area contributed by atoms with Crippen molar-refractivity contribution in [1.82, 2.24) is 9.80 Å². The Bertz CT molecular complexity index is 961. The smallest absolute Gasteiger partial charge is 0.289 e. The van der Waals surface area contributed by atoms with E-state index in [0.29, 0.717) is 43.9 Å². The van der Waals surface area contributed by atoms with Crippen LogP contribution in [0, 0.1) is 6.92 Å². The molecule has 0 N–H and O–H groups in total. The van der Waals surface area contributed by atoms with Crippen molar-refractivity contribution in [2.75, 3.05) is 37.7 Å². The highest BCUT2D eigenvalue weighted by atomic mass is 79.9. The third kappa shape index (κ3) is 3.30. The Morgan fingerprint density at radius 2 is 1.96 bits per heavy atom. The summed E-state index contributed by atoms with van der Waals surface area (Å²) in [5.41, 5.74) is 1.57. The number of amides is 1. The van der Waals surface area contributed by atoms with Crippen molar-refractivity contribution in [2.45, 2.75) is 19.4 Å². The topological polar surface area (TPSA) is 70.8 Å². The molecule has 8 heteroatoms. The van der Waals surface area contributed by atoms with Gasteiger partial charge in [0.25, 0.3) is 5.91 Å². The fraction of sp³-hybridized carbons (Fsp3) is 0.500. The predicted molar refractivity (Wildman–Crippen MR) is 103 cm³/mol. The molecule has 3 heterocycles. The Balaban J connectivity index is 1.46. The zero-order valence-electron chi connectivity index (χ0n) is 14.6. The molecule has 2 aromatic rings. The van der Waals surface area contributed by atoms with Gasteiger partial charge in [0.15, 0.2) is 15.6 Å². The van der Waals surface area contributed by atoms with E-state index in [2.05, 4.69) is 20.8 Å². The summed E-state index contributed by atoms with van der Waals surface area (Å²) >= 11 is 3.45. The summed E-state index contributed by atoms with van der Waals surface area (Å²) in [6.45, 7) is 4.50. The van der Waals surface area contributed by atoms with E-state index in [9.17, 15) is 13.2 Å². The minimum Gasteiger partial charge on any atom is -0.451 e. The summed E-state index contributed by atoms with van der Waals surface area (Å²) in [6.07, 6.45) is 0.702. The first-order chi connectivity index (χ1) is 12.3. The van der Waals surface area contributed by atoms with E-state index in [4.69, 9.17) is 4.42 Å². The molecule has 26 heavy (non-hydrogen) atoms. The number of benzene rings is 1. The molecule has 0 aliphatic carbocycles. The molecule has 2 saturated heterocycles. The van der Waals surface area contributed by atoms with Gasteiger partial charge in [0.1, 0.15) is 5.58 Å². The van der Waals surface area contributed by atoms with Crippen LogP contribution in [-0.2, 0) is 9.84 Å². The first-order valence-corrected chi connectivity index (χ1v) is 11.4. The van der Waals surface area contributed by atoms with E-state index >= 15 is 0 Å². The molecule has 0 radical (unpaired) electrons. The SMILES string of the molecule is Cc1c(C(=O)N2CCN([C@H]3CCS(=O)(=O)C3)CC2)oc2ccc(Br)cc12. The van der Waals surface area contributed by atoms with Gasteiger partial charge < -0.3 is 9.32 Å². The van der Waals surface area contributed by atoms with Gasteiger partial charge in [0, 0.05) is 47.6 Å². The first kappa shape index (κ1) is 18.0. The van der Waals surface area contributed by atoms with E-state index in [1.165, 1.54) is 0 Å². The van der Waals surface area contributed by atoms with Crippen molar-refractivity contribution in [3.05, 3.63) is 34.0 Å². The second-order valence-corrected chi connectivity index (χ2v) is 10.2. The van der Waals surface area contributed by atoms with Gasteiger partial charge in [0.2, 0.25) is 0 Å². The molecule has 0 spiro atoms. The maximum absolute atomic E-state index is 12.9. The second-order valence-electron chi connectivity index (χ2n) is 7.08. The summed E-state index contributed by atoms with van der Waals surface area (Å²) in [5, 5.41) is 0.942. The van der Waals surface area contributed by atoms with Gasteiger partial charge in [0.05, 0.1) is 11.5 Å². The summed E-state index contributed by atoms with van der Waals surface area (Å²) < 4.78 is 30.1. The number of halogens is 1. The number of hydrogen-bond donors (Lipinski definition) is 0. The fourth-order valence-corrected chi connectivity index (χ4v) is 6.02. The maximum Gasteiger partial charge on any atom is 0.289 e. The van der Waals surface area contributed by atoms with Gasteiger partial charge in [-0.2, -0.15) is 0 Å². The highest BCUT2D eigenvalue weighted by molar-refractivity contribution is 9.10. The van der Waals surface area contributed by atoms with Gasteiger partial charge in [-0.1, -0.05) is 15.9 Å². The van der Waals surface area contributed by atoms with Crippen LogP contribution in [0.1, 0.15) is 22.5 Å². The van der Waals surface area contributed by atoms with E-state index in [1.54, 1.807) is 4.90 Å². The normalized spacial score (nSPS) is 23.6. The zero-order valence-corrected chi connectivity index (χ0v) is 17.0. The van der Waals surface area contributed by atoms with Crippen molar-refractivity contribution < 1.29 is 17.6 Å². The quantitative estimate of drug-likeness (QED) is 0.716. The number of hydrogen-bond acceptors (Lipinski definition) is 5. The number of aryl methyl sites for hydroxylation is 1. The third-order valence-electron chi connectivity index (χ3n) is 5.42. The average Bonchev–Trinajstić information content (AvgIpc) is 3.14. The fourth-order valence-electron chi connectivity index (χ4n) is 3.89. The molecule has 1 amide bonds. The minimum atomic E-state index is -2.88. The van der Waals surface area contributed by atoms with Crippen LogP contribution in [0.4, 0.5) is 0 Å². The number of carbonyl (C=O) groups is 1. The van der Waals surface area contributed by atoms with Crippen molar-refractivity contribution in [3.8, 4) is 0 Å². The molecule has 1 aromatic carbocycles. The number of piperazine rings is 1. The number of carbonyl (C=O) groups excluding carboxylic acids is 1. The van der Waals surface area contributed by atoms with Crippen molar-refractivity contribution >= 4 is 42.6 Å². The summed E-state index contributed by atoms with van der Waals surface area (Å²) in [7, 11) is -2.88. The first-order valence-electron chi connectivity index (χ1n) is 8.76. The lowest BCUT2D eigenvalue weighted by atomic mass is 10.1. The summed E-state index contributed by atoms with van der Waals surface area (Å²) in [4.78, 5) is 16.9. The number of sulfone groups is 1. The van der Waals surface area contributed by atoms with E-state index in [-0.39, 0.29) is 23.5 Å². The molecular weight excluding hydrogens is 420 g/mol. The van der Waals surface area contributed by atoms with Gasteiger partial charge in [-0.15, -0.1) is 0 Å². The number of nitrogens with zero attached hydrogens (tertiary/aromatic N) is 2. The molecule has 0 bridgehead atoms. The summed E-state index contributed by atoms with van der Waals surface area (Å²) in [5.74, 6) is 0.840. The predicted octanol–water partition coefficient (Wildman–Crippen LogP) is 2.45. The lowest BCUT2D eigenvalue weighted by molar-refractivity contribution is 0.0560. The van der Waals surface area contributed by atoms with Crippen LogP contribution in [0.2, 0.25) is 0 Å². The number of rotatable bonds is 2. The average molecular weight is 441 g/mol. The molecule has 6 nitrogen and oxygen atoms in total. The highest BCUT2D eigenvalue weighted by Crippen LogP contribution is 2.29. The number of furan rings is 1. The van der Waals surface area contributed by atoms with Crippen LogP contribution in [-0.4, -0.2) is 67.9 Å². The molecule has 2 fully saturated rings. The van der Waals surface area contributed by atoms with Gasteiger partial charge in [-0.3, -0.25) is 9.69 Å². The van der Waals surface area contributed by atoms with Crippen LogP contribution in [0.3, 0.4) is 0 Å². The van der Waals surface area contributed by atoms with E-state index < -0.39 is 9.84 Å². The Morgan fingerprint density at radius 3 is 2.62 bits per heavy atom. The van der Waals surface area contributed by atoms with Gasteiger partial charge in [-0.25, -0.2) is 8.42 Å². The van der Waals surface area contributed by atoms with Crippen LogP contribution >= 0.6 is 15.9 Å². The lowest BCUT2D eigenvalue weighted by Gasteiger charge is -2.37. The third-order valence-corrected chi connectivity index (χ3v) is 7.66. The van der Waals surface area contributed by atoms with Crippen molar-refractivity contribution in [2.24, 2.45) is 0 Å².